The Balaban J connectivity index is 2.00. The third-order valence-electron chi connectivity index (χ3n) is 3.82. The van der Waals surface area contributed by atoms with Crippen LogP contribution in [0.3, 0.4) is 0 Å². The van der Waals surface area contributed by atoms with Gasteiger partial charge in [0.05, 0.1) is 11.2 Å². The van der Waals surface area contributed by atoms with Crippen molar-refractivity contribution in [2.24, 2.45) is 0 Å². The molecule has 0 saturated heterocycles. The van der Waals surface area contributed by atoms with Crippen LogP contribution in [-0.4, -0.2) is 15.5 Å². The summed E-state index contributed by atoms with van der Waals surface area (Å²) < 4.78 is 2.85. The van der Waals surface area contributed by atoms with Crippen LogP contribution in [0.4, 0.5) is 5.69 Å². The average Bonchev–Trinajstić information content (AvgIpc) is 2.93. The Morgan fingerprint density at radius 3 is 2.83 bits per heavy atom. The highest BCUT2D eigenvalue weighted by molar-refractivity contribution is 9.10. The molecule has 0 aliphatic heterocycles. The Labute approximate surface area is 143 Å². The van der Waals surface area contributed by atoms with Crippen molar-refractivity contribution in [2.45, 2.75) is 26.8 Å². The third-order valence-corrected chi connectivity index (χ3v) is 4.26. The zero-order chi connectivity index (χ0) is 16.6. The molecule has 3 rings (SSSR count). The number of hydrogen-bond acceptors (Lipinski definition) is 2. The zero-order valence-electron chi connectivity index (χ0n) is 13.3. The number of aryl methyl sites for hydroxylation is 1. The van der Waals surface area contributed by atoms with Crippen LogP contribution >= 0.6 is 15.9 Å². The first-order valence-corrected chi connectivity index (χ1v) is 8.29. The summed E-state index contributed by atoms with van der Waals surface area (Å²) in [5, 5.41) is 3.96. The van der Waals surface area contributed by atoms with E-state index in [0.717, 1.165) is 26.6 Å². The molecule has 118 valence electrons. The predicted octanol–water partition coefficient (Wildman–Crippen LogP) is 4.94. The number of nitrogens with one attached hydrogen (secondary N) is 1. The summed E-state index contributed by atoms with van der Waals surface area (Å²) in [5.41, 5.74) is 3.40. The second-order valence-electron chi connectivity index (χ2n) is 5.83. The largest absolute Gasteiger partial charge is 0.340 e. The number of aromatic nitrogens is 2. The highest BCUT2D eigenvalue weighted by atomic mass is 79.9. The van der Waals surface area contributed by atoms with Gasteiger partial charge < -0.3 is 9.88 Å². The first kappa shape index (κ1) is 15.7. The van der Waals surface area contributed by atoms with Crippen molar-refractivity contribution in [1.29, 1.82) is 0 Å². The first-order chi connectivity index (χ1) is 11.0. The topological polar surface area (TPSA) is 46.9 Å². The molecule has 2 heterocycles. The number of benzene rings is 1. The molecular formula is C18H18BrN3O. The van der Waals surface area contributed by atoms with E-state index in [-0.39, 0.29) is 11.9 Å². The summed E-state index contributed by atoms with van der Waals surface area (Å²) >= 11 is 3.44. The molecule has 2 aromatic heterocycles. The van der Waals surface area contributed by atoms with Gasteiger partial charge in [-0.15, -0.1) is 0 Å². The summed E-state index contributed by atoms with van der Waals surface area (Å²) in [5.74, 6) is -0.126. The van der Waals surface area contributed by atoms with E-state index in [1.807, 2.05) is 48.0 Å². The first-order valence-electron chi connectivity index (χ1n) is 7.50. The highest BCUT2D eigenvalue weighted by Crippen LogP contribution is 2.26. The smallest absolute Gasteiger partial charge is 0.272 e. The maximum absolute atomic E-state index is 12.7. The van der Waals surface area contributed by atoms with Gasteiger partial charge in [-0.3, -0.25) is 9.78 Å². The van der Waals surface area contributed by atoms with Crippen molar-refractivity contribution in [3.05, 3.63) is 58.5 Å². The van der Waals surface area contributed by atoms with Gasteiger partial charge in [-0.1, -0.05) is 6.07 Å². The van der Waals surface area contributed by atoms with Crippen LogP contribution in [-0.2, 0) is 0 Å². The maximum Gasteiger partial charge on any atom is 0.272 e. The number of carbonyl (C=O) groups is 1. The van der Waals surface area contributed by atoms with E-state index in [9.17, 15) is 4.79 Å². The van der Waals surface area contributed by atoms with E-state index in [0.29, 0.717) is 5.69 Å². The van der Waals surface area contributed by atoms with Crippen molar-refractivity contribution in [3.63, 3.8) is 0 Å². The Morgan fingerprint density at radius 1 is 1.30 bits per heavy atom. The summed E-state index contributed by atoms with van der Waals surface area (Å²) in [6.07, 6.45) is 3.69. The minimum atomic E-state index is -0.126. The Hall–Kier alpha value is -2.14. The highest BCUT2D eigenvalue weighted by Gasteiger charge is 2.16. The Bertz CT molecular complexity index is 883. The minimum Gasteiger partial charge on any atom is -0.340 e. The molecule has 0 atom stereocenters. The summed E-state index contributed by atoms with van der Waals surface area (Å²) in [4.78, 5) is 17.1. The predicted molar refractivity (Wildman–Crippen MR) is 97.0 cm³/mol. The van der Waals surface area contributed by atoms with E-state index in [1.54, 1.807) is 6.20 Å². The van der Waals surface area contributed by atoms with Gasteiger partial charge in [0, 0.05) is 28.3 Å². The Morgan fingerprint density at radius 2 is 2.09 bits per heavy atom. The van der Waals surface area contributed by atoms with Crippen LogP contribution in [0.25, 0.3) is 10.9 Å². The zero-order valence-corrected chi connectivity index (χ0v) is 14.9. The second-order valence-corrected chi connectivity index (χ2v) is 6.74. The molecule has 0 fully saturated rings. The minimum absolute atomic E-state index is 0.126. The van der Waals surface area contributed by atoms with Gasteiger partial charge in [-0.2, -0.15) is 0 Å². The molecule has 1 amide bonds. The molecule has 1 N–H and O–H groups in total. The lowest BCUT2D eigenvalue weighted by molar-refractivity contribution is 0.101. The molecule has 3 aromatic rings. The van der Waals surface area contributed by atoms with Crippen LogP contribution in [0.1, 0.15) is 35.9 Å². The fraction of sp³-hybridized carbons (Fsp3) is 0.222. The Kier molecular flexibility index (Phi) is 4.22. The monoisotopic (exact) mass is 371 g/mol. The van der Waals surface area contributed by atoms with Gasteiger partial charge in [-0.05, 0) is 66.5 Å². The SMILES string of the molecule is Cc1ccc(NC(=O)c2cc(Br)cn2C(C)C)c2cccnc12. The van der Waals surface area contributed by atoms with Crippen LogP contribution in [0.2, 0.25) is 0 Å². The number of carbonyl (C=O) groups excluding carboxylic acids is 1. The second kappa shape index (κ2) is 6.16. The lowest BCUT2D eigenvalue weighted by atomic mass is 10.1. The third kappa shape index (κ3) is 3.01. The van der Waals surface area contributed by atoms with Gasteiger partial charge >= 0.3 is 0 Å². The van der Waals surface area contributed by atoms with Crippen LogP contribution in [0.5, 0.6) is 0 Å². The number of amides is 1. The summed E-state index contributed by atoms with van der Waals surface area (Å²) in [6.45, 7) is 6.12. The normalized spacial score (nSPS) is 11.2. The van der Waals surface area contributed by atoms with Gasteiger partial charge in [0.25, 0.3) is 5.91 Å². The average molecular weight is 372 g/mol. The molecule has 23 heavy (non-hydrogen) atoms. The number of nitrogens with zero attached hydrogens (tertiary/aromatic N) is 2. The van der Waals surface area contributed by atoms with Crippen molar-refractivity contribution < 1.29 is 4.79 Å². The van der Waals surface area contributed by atoms with Gasteiger partial charge in [0.1, 0.15) is 5.69 Å². The molecule has 1 aromatic carbocycles. The molecular weight excluding hydrogens is 354 g/mol. The van der Waals surface area contributed by atoms with E-state index < -0.39 is 0 Å². The molecule has 0 bridgehead atoms. The summed E-state index contributed by atoms with van der Waals surface area (Å²) in [6, 6.07) is 9.80. The van der Waals surface area contributed by atoms with Crippen molar-refractivity contribution in [3.8, 4) is 0 Å². The fourth-order valence-electron chi connectivity index (χ4n) is 2.66. The molecule has 0 unspecified atom stereocenters. The van der Waals surface area contributed by atoms with Gasteiger partial charge in [0.15, 0.2) is 0 Å². The van der Waals surface area contributed by atoms with Crippen molar-refractivity contribution in [2.75, 3.05) is 5.32 Å². The number of fused-ring (bicyclic) bond motifs is 1. The maximum atomic E-state index is 12.7. The number of pyridine rings is 1. The lowest BCUT2D eigenvalue weighted by Crippen LogP contribution is -2.18. The molecule has 5 heteroatoms. The van der Waals surface area contributed by atoms with Crippen molar-refractivity contribution in [1.82, 2.24) is 9.55 Å². The number of hydrogen-bond donors (Lipinski definition) is 1. The van der Waals surface area contributed by atoms with Crippen LogP contribution in [0.15, 0.2) is 47.2 Å². The number of halogens is 1. The molecule has 0 spiro atoms. The van der Waals surface area contributed by atoms with Gasteiger partial charge in [-0.25, -0.2) is 0 Å². The van der Waals surface area contributed by atoms with Crippen LogP contribution < -0.4 is 5.32 Å². The number of rotatable bonds is 3. The standard InChI is InChI=1S/C18H18BrN3O/c1-11(2)22-10-13(19)9-16(22)18(23)21-15-7-6-12(3)17-14(15)5-4-8-20-17/h4-11H,1-3H3,(H,21,23). The van der Waals surface area contributed by atoms with E-state index in [4.69, 9.17) is 0 Å². The number of anilines is 1. The molecule has 0 aliphatic rings. The van der Waals surface area contributed by atoms with Crippen molar-refractivity contribution >= 4 is 38.4 Å². The fourth-order valence-corrected chi connectivity index (χ4v) is 3.10. The van der Waals surface area contributed by atoms with E-state index in [1.165, 1.54) is 0 Å². The molecule has 0 radical (unpaired) electrons. The molecule has 4 nitrogen and oxygen atoms in total. The molecule has 0 aliphatic carbocycles. The van der Waals surface area contributed by atoms with E-state index >= 15 is 0 Å². The quantitative estimate of drug-likeness (QED) is 0.708. The van der Waals surface area contributed by atoms with Crippen LogP contribution in [0, 0.1) is 6.92 Å². The lowest BCUT2D eigenvalue weighted by Gasteiger charge is -2.14. The van der Waals surface area contributed by atoms with Gasteiger partial charge in [0.2, 0.25) is 0 Å². The summed E-state index contributed by atoms with van der Waals surface area (Å²) in [7, 11) is 0. The molecule has 0 saturated carbocycles. The van der Waals surface area contributed by atoms with E-state index in [2.05, 4.69) is 40.1 Å².